The van der Waals surface area contributed by atoms with Crippen molar-refractivity contribution in [2.45, 2.75) is 61.4 Å². The van der Waals surface area contributed by atoms with Gasteiger partial charge in [0, 0.05) is 18.6 Å². The molecule has 172 valence electrons. The number of halogens is 1. The van der Waals surface area contributed by atoms with Crippen LogP contribution in [-0.2, 0) is 24.2 Å². The van der Waals surface area contributed by atoms with Crippen molar-refractivity contribution < 1.29 is 27.2 Å². The Hall–Kier alpha value is -2.37. The lowest BCUT2D eigenvalue weighted by Gasteiger charge is -2.12. The van der Waals surface area contributed by atoms with E-state index in [2.05, 4.69) is 15.5 Å². The molecule has 0 bridgehead atoms. The van der Waals surface area contributed by atoms with E-state index in [-0.39, 0.29) is 33.2 Å². The van der Waals surface area contributed by atoms with E-state index < -0.39 is 20.9 Å². The first-order chi connectivity index (χ1) is 15.4. The molecule has 8 nitrogen and oxygen atoms in total. The van der Waals surface area contributed by atoms with E-state index in [9.17, 15) is 17.6 Å². The van der Waals surface area contributed by atoms with Crippen LogP contribution in [0.2, 0.25) is 0 Å². The van der Waals surface area contributed by atoms with Gasteiger partial charge in [-0.2, -0.15) is 4.39 Å². The molecule has 0 radical (unpaired) electrons. The topological polar surface area (TPSA) is 107 Å². The zero-order valence-electron chi connectivity index (χ0n) is 17.5. The average molecular weight is 482 g/mol. The van der Waals surface area contributed by atoms with E-state index in [1.807, 2.05) is 6.92 Å². The monoisotopic (exact) mass is 481 g/mol. The Morgan fingerprint density at radius 2 is 1.94 bits per heavy atom. The molecule has 2 atom stereocenters. The van der Waals surface area contributed by atoms with Gasteiger partial charge in [-0.1, -0.05) is 28.6 Å². The van der Waals surface area contributed by atoms with Crippen molar-refractivity contribution in [2.24, 2.45) is 5.16 Å². The molecule has 1 N–H and O–H groups in total. The minimum Gasteiger partial charge on any atom is -0.392 e. The van der Waals surface area contributed by atoms with E-state index in [0.29, 0.717) is 42.8 Å². The lowest BCUT2D eigenvalue weighted by Crippen LogP contribution is -2.25. The quantitative estimate of drug-likeness (QED) is 0.434. The first-order valence-corrected chi connectivity index (χ1v) is 12.9. The number of nitrogens with zero attached hydrogens (tertiary/aromatic N) is 2. The molecule has 2 aromatic rings. The second-order valence-corrected chi connectivity index (χ2v) is 11.0. The summed E-state index contributed by atoms with van der Waals surface area (Å²) in [6, 6.07) is 5.99. The molecule has 2 aliphatic carbocycles. The Kier molecular flexibility index (Phi) is 6.87. The van der Waals surface area contributed by atoms with Crippen LogP contribution in [0, 0.1) is 5.13 Å². The van der Waals surface area contributed by atoms with Gasteiger partial charge in [-0.15, -0.1) is 0 Å². The van der Waals surface area contributed by atoms with Crippen LogP contribution in [0.4, 0.5) is 9.52 Å². The van der Waals surface area contributed by atoms with Gasteiger partial charge < -0.3 is 9.57 Å². The predicted octanol–water partition coefficient (Wildman–Crippen LogP) is 3.54. The van der Waals surface area contributed by atoms with Gasteiger partial charge in [-0.25, -0.2) is 13.4 Å². The van der Waals surface area contributed by atoms with E-state index in [1.165, 1.54) is 24.3 Å². The minimum atomic E-state index is -3.35. The van der Waals surface area contributed by atoms with Gasteiger partial charge in [0.25, 0.3) is 5.91 Å². The second kappa shape index (κ2) is 9.63. The Labute approximate surface area is 189 Å². The normalized spacial score (nSPS) is 21.5. The number of ether oxygens (including phenoxy) is 1. The molecule has 1 aromatic carbocycles. The predicted molar refractivity (Wildman–Crippen MR) is 118 cm³/mol. The molecule has 1 unspecified atom stereocenters. The molecule has 32 heavy (non-hydrogen) atoms. The smallest absolute Gasteiger partial charge is 0.280 e. The van der Waals surface area contributed by atoms with E-state index in [4.69, 9.17) is 9.57 Å². The number of amides is 1. The zero-order valence-corrected chi connectivity index (χ0v) is 19.1. The lowest BCUT2D eigenvalue weighted by atomic mass is 10.1. The van der Waals surface area contributed by atoms with E-state index in [1.54, 1.807) is 0 Å². The van der Waals surface area contributed by atoms with Crippen LogP contribution in [0.5, 0.6) is 0 Å². The molecular formula is C21H24FN3O5S2. The van der Waals surface area contributed by atoms with Crippen molar-refractivity contribution in [3.63, 3.8) is 0 Å². The summed E-state index contributed by atoms with van der Waals surface area (Å²) in [4.78, 5) is 22.5. The van der Waals surface area contributed by atoms with Crippen LogP contribution in [-0.4, -0.2) is 49.1 Å². The molecule has 1 heterocycles. The summed E-state index contributed by atoms with van der Waals surface area (Å²) < 4.78 is 43.8. The summed E-state index contributed by atoms with van der Waals surface area (Å²) in [6.45, 7) is 2.55. The molecule has 0 aliphatic heterocycles. The van der Waals surface area contributed by atoms with Crippen molar-refractivity contribution in [2.75, 3.05) is 11.9 Å². The fourth-order valence-corrected chi connectivity index (χ4v) is 5.77. The van der Waals surface area contributed by atoms with E-state index >= 15 is 0 Å². The van der Waals surface area contributed by atoms with Crippen molar-refractivity contribution in [1.29, 1.82) is 0 Å². The van der Waals surface area contributed by atoms with Gasteiger partial charge in [0.15, 0.2) is 25.8 Å². The summed E-state index contributed by atoms with van der Waals surface area (Å²) in [5, 5.41) is 5.84. The molecule has 0 spiro atoms. The highest BCUT2D eigenvalue weighted by molar-refractivity contribution is 7.92. The second-order valence-electron chi connectivity index (χ2n) is 7.75. The first-order valence-electron chi connectivity index (χ1n) is 10.5. The van der Waals surface area contributed by atoms with Gasteiger partial charge in [0.1, 0.15) is 6.10 Å². The number of nitrogens with one attached hydrogen (secondary N) is 1. The van der Waals surface area contributed by atoms with Crippen LogP contribution < -0.4 is 5.32 Å². The number of hydrogen-bond acceptors (Lipinski definition) is 8. The minimum absolute atomic E-state index is 0.0455. The van der Waals surface area contributed by atoms with Gasteiger partial charge >= 0.3 is 0 Å². The maximum atomic E-state index is 13.3. The highest BCUT2D eigenvalue weighted by atomic mass is 32.2. The zero-order chi connectivity index (χ0) is 22.7. The summed E-state index contributed by atoms with van der Waals surface area (Å²) >= 11 is 0.692. The Balaban J connectivity index is 1.54. The molecular weight excluding hydrogens is 457 g/mol. The highest BCUT2D eigenvalue weighted by Crippen LogP contribution is 2.33. The van der Waals surface area contributed by atoms with Crippen molar-refractivity contribution in [3.05, 3.63) is 41.2 Å². The number of rotatable bonds is 9. The largest absolute Gasteiger partial charge is 0.392 e. The maximum Gasteiger partial charge on any atom is 0.280 e. The van der Waals surface area contributed by atoms with Gasteiger partial charge in [0.2, 0.25) is 0 Å². The lowest BCUT2D eigenvalue weighted by molar-refractivity contribution is -0.110. The standard InChI is InChI=1S/C21H24FN3O5S2/c1-2-29-14-5-6-15(11-14)30-25-19(20(26)24-21-23-12-18(22)31-21)13-3-7-16(8-4-13)32(27,28)17-9-10-17/h3-4,7-8,12,14-15,17H,2,5-6,9-11H2,1H3,(H,23,24,26)/t14?,15-/m1/s1. The first kappa shape index (κ1) is 22.8. The molecule has 1 amide bonds. The highest BCUT2D eigenvalue weighted by Gasteiger charge is 2.37. The third-order valence-corrected chi connectivity index (χ3v) is 8.34. The number of thiazole rings is 1. The average Bonchev–Trinajstić information content (AvgIpc) is 3.43. The number of anilines is 1. The molecule has 4 rings (SSSR count). The molecule has 2 aliphatic rings. The molecule has 0 saturated heterocycles. The number of sulfone groups is 1. The van der Waals surface area contributed by atoms with Crippen LogP contribution >= 0.6 is 11.3 Å². The Bertz CT molecular complexity index is 1100. The summed E-state index contributed by atoms with van der Waals surface area (Å²) in [5.41, 5.74) is 0.337. The summed E-state index contributed by atoms with van der Waals surface area (Å²) in [6.07, 6.45) is 4.52. The molecule has 2 saturated carbocycles. The van der Waals surface area contributed by atoms with Gasteiger partial charge in [-0.05, 0) is 44.7 Å². The number of hydrogen-bond donors (Lipinski definition) is 1. The van der Waals surface area contributed by atoms with Crippen LogP contribution in [0.3, 0.4) is 0 Å². The number of carbonyl (C=O) groups excluding carboxylic acids is 1. The fourth-order valence-electron chi connectivity index (χ4n) is 3.58. The van der Waals surface area contributed by atoms with Crippen molar-refractivity contribution in [1.82, 2.24) is 4.98 Å². The Morgan fingerprint density at radius 1 is 1.22 bits per heavy atom. The number of oxime groups is 1. The summed E-state index contributed by atoms with van der Waals surface area (Å²) in [5.74, 6) is -0.628. The molecule has 1 aromatic heterocycles. The summed E-state index contributed by atoms with van der Waals surface area (Å²) in [7, 11) is -3.35. The number of aromatic nitrogens is 1. The Morgan fingerprint density at radius 3 is 2.56 bits per heavy atom. The third kappa shape index (κ3) is 5.33. The van der Waals surface area contributed by atoms with Crippen LogP contribution in [0.15, 0.2) is 40.5 Å². The SMILES string of the molecule is CCOC1CC[C@@H](ON=C(C(=O)Nc2ncc(F)s2)c2ccc(S(=O)(=O)C3CC3)cc2)C1. The van der Waals surface area contributed by atoms with Crippen molar-refractivity contribution >= 4 is 37.9 Å². The van der Waals surface area contributed by atoms with Crippen molar-refractivity contribution in [3.8, 4) is 0 Å². The maximum absolute atomic E-state index is 13.3. The fraction of sp³-hybridized carbons (Fsp3) is 0.476. The van der Waals surface area contributed by atoms with Gasteiger partial charge in [-0.3, -0.25) is 10.1 Å². The van der Waals surface area contributed by atoms with E-state index in [0.717, 1.165) is 19.0 Å². The third-order valence-electron chi connectivity index (χ3n) is 5.36. The van der Waals surface area contributed by atoms with Crippen LogP contribution in [0.25, 0.3) is 0 Å². The number of benzene rings is 1. The molecule has 11 heteroatoms. The molecule has 2 fully saturated rings. The van der Waals surface area contributed by atoms with Gasteiger partial charge in [0.05, 0.1) is 22.4 Å². The van der Waals surface area contributed by atoms with Crippen LogP contribution in [0.1, 0.15) is 44.6 Å². The number of carbonyl (C=O) groups is 1.